The van der Waals surface area contributed by atoms with Gasteiger partial charge in [-0.15, -0.1) is 0 Å². The molecular formula is C9H11O2. The highest BCUT2D eigenvalue weighted by molar-refractivity contribution is 5.38. The highest BCUT2D eigenvalue weighted by Crippen LogP contribution is 2.22. The van der Waals surface area contributed by atoms with E-state index in [1.165, 1.54) is 0 Å². The minimum absolute atomic E-state index is 0.701. The summed E-state index contributed by atoms with van der Waals surface area (Å²) in [5, 5.41) is 0. The molecule has 0 fully saturated rings. The molecule has 0 bridgehead atoms. The first kappa shape index (κ1) is 7.92. The molecule has 0 spiro atoms. The van der Waals surface area contributed by atoms with E-state index in [0.717, 1.165) is 11.3 Å². The number of hydrogen-bond donors (Lipinski definition) is 0. The lowest BCUT2D eigenvalue weighted by molar-refractivity contribution is 0.392. The third kappa shape index (κ3) is 1.64. The van der Waals surface area contributed by atoms with Gasteiger partial charge in [0.15, 0.2) is 0 Å². The summed E-state index contributed by atoms with van der Waals surface area (Å²) in [6.07, 6.45) is 0. The van der Waals surface area contributed by atoms with Gasteiger partial charge < -0.3 is 9.47 Å². The van der Waals surface area contributed by atoms with Gasteiger partial charge in [0.05, 0.1) is 14.2 Å². The van der Waals surface area contributed by atoms with Crippen LogP contribution in [0.25, 0.3) is 0 Å². The van der Waals surface area contributed by atoms with Crippen LogP contribution in [0.3, 0.4) is 0 Å². The van der Waals surface area contributed by atoms with E-state index in [-0.39, 0.29) is 0 Å². The third-order valence-electron chi connectivity index (χ3n) is 1.52. The first-order chi connectivity index (χ1) is 5.27. The van der Waals surface area contributed by atoms with Crippen LogP contribution in [-0.4, -0.2) is 14.2 Å². The zero-order chi connectivity index (χ0) is 8.27. The van der Waals surface area contributed by atoms with Crippen molar-refractivity contribution >= 4 is 0 Å². The first-order valence-corrected chi connectivity index (χ1v) is 3.38. The predicted molar refractivity (Wildman–Crippen MR) is 43.1 cm³/mol. The average molecular weight is 151 g/mol. The fourth-order valence-corrected chi connectivity index (χ4v) is 0.863. The van der Waals surface area contributed by atoms with Crippen LogP contribution in [0, 0.1) is 13.0 Å². The molecule has 0 unspecified atom stereocenters. The standard InChI is InChI=1S/C9H11O2/c1-7-4-5-8(10-2)6-9(7)11-3/h4,6H,1-3H3. The van der Waals surface area contributed by atoms with Crippen molar-refractivity contribution in [3.63, 3.8) is 0 Å². The van der Waals surface area contributed by atoms with Crippen LogP contribution in [-0.2, 0) is 0 Å². The molecular weight excluding hydrogens is 140 g/mol. The number of aryl methyl sites for hydroxylation is 1. The molecule has 1 aromatic carbocycles. The van der Waals surface area contributed by atoms with Crippen LogP contribution < -0.4 is 9.47 Å². The maximum Gasteiger partial charge on any atom is 0.130 e. The monoisotopic (exact) mass is 151 g/mol. The fourth-order valence-electron chi connectivity index (χ4n) is 0.863. The Morgan fingerprint density at radius 3 is 2.55 bits per heavy atom. The zero-order valence-corrected chi connectivity index (χ0v) is 6.97. The van der Waals surface area contributed by atoms with E-state index in [1.54, 1.807) is 14.2 Å². The quantitative estimate of drug-likeness (QED) is 0.641. The van der Waals surface area contributed by atoms with Gasteiger partial charge >= 0.3 is 0 Å². The Balaban J connectivity index is 3.02. The minimum atomic E-state index is 0.701. The molecule has 0 heterocycles. The Bertz CT molecular complexity index is 243. The van der Waals surface area contributed by atoms with E-state index in [0.29, 0.717) is 5.75 Å². The number of benzene rings is 1. The second-order valence-electron chi connectivity index (χ2n) is 2.25. The van der Waals surface area contributed by atoms with Crippen LogP contribution in [0.4, 0.5) is 0 Å². The van der Waals surface area contributed by atoms with Crippen LogP contribution >= 0.6 is 0 Å². The molecule has 2 nitrogen and oxygen atoms in total. The molecule has 0 aliphatic rings. The van der Waals surface area contributed by atoms with Crippen molar-refractivity contribution in [2.24, 2.45) is 0 Å². The molecule has 2 heteroatoms. The molecule has 0 N–H and O–H groups in total. The number of rotatable bonds is 2. The van der Waals surface area contributed by atoms with Gasteiger partial charge in [-0.25, -0.2) is 0 Å². The van der Waals surface area contributed by atoms with Crippen LogP contribution in [0.1, 0.15) is 5.56 Å². The van der Waals surface area contributed by atoms with Gasteiger partial charge in [-0.1, -0.05) is 0 Å². The highest BCUT2D eigenvalue weighted by Gasteiger charge is 1.98. The summed E-state index contributed by atoms with van der Waals surface area (Å²) in [6.45, 7) is 1.97. The second kappa shape index (κ2) is 3.28. The van der Waals surface area contributed by atoms with Gasteiger partial charge in [0.1, 0.15) is 11.5 Å². The fraction of sp³-hybridized carbons (Fsp3) is 0.333. The Morgan fingerprint density at radius 2 is 2.00 bits per heavy atom. The van der Waals surface area contributed by atoms with Gasteiger partial charge in [0, 0.05) is 12.1 Å². The zero-order valence-electron chi connectivity index (χ0n) is 6.97. The summed E-state index contributed by atoms with van der Waals surface area (Å²) in [4.78, 5) is 0. The summed E-state index contributed by atoms with van der Waals surface area (Å²) in [5.41, 5.74) is 1.06. The predicted octanol–water partition coefficient (Wildman–Crippen LogP) is 1.81. The molecule has 0 aromatic heterocycles. The van der Waals surface area contributed by atoms with Crippen molar-refractivity contribution in [1.29, 1.82) is 0 Å². The topological polar surface area (TPSA) is 18.5 Å². The van der Waals surface area contributed by atoms with Crippen molar-refractivity contribution in [1.82, 2.24) is 0 Å². The maximum absolute atomic E-state index is 5.09. The SMILES string of the molecule is COc1[c]cc(C)c(OC)c1. The summed E-state index contributed by atoms with van der Waals surface area (Å²) in [5.74, 6) is 1.54. The van der Waals surface area contributed by atoms with Gasteiger partial charge in [-0.3, -0.25) is 0 Å². The van der Waals surface area contributed by atoms with Crippen LogP contribution in [0.5, 0.6) is 11.5 Å². The molecule has 1 rings (SSSR count). The van der Waals surface area contributed by atoms with Gasteiger partial charge in [-0.2, -0.15) is 0 Å². The van der Waals surface area contributed by atoms with Gasteiger partial charge in [0.25, 0.3) is 0 Å². The van der Waals surface area contributed by atoms with Crippen molar-refractivity contribution in [3.8, 4) is 11.5 Å². The first-order valence-electron chi connectivity index (χ1n) is 3.38. The molecule has 0 saturated carbocycles. The molecule has 1 radical (unpaired) electrons. The average Bonchev–Trinajstić information content (AvgIpc) is 2.05. The number of methoxy groups -OCH3 is 2. The Labute approximate surface area is 66.8 Å². The van der Waals surface area contributed by atoms with Crippen molar-refractivity contribution in [2.45, 2.75) is 6.92 Å². The smallest absolute Gasteiger partial charge is 0.130 e. The summed E-state index contributed by atoms with van der Waals surface area (Å²) < 4.78 is 10.1. The largest absolute Gasteiger partial charge is 0.496 e. The lowest BCUT2D eigenvalue weighted by Gasteiger charge is -2.05. The summed E-state index contributed by atoms with van der Waals surface area (Å²) in [6, 6.07) is 6.62. The molecule has 0 aliphatic carbocycles. The Hall–Kier alpha value is -1.18. The lowest BCUT2D eigenvalue weighted by Crippen LogP contribution is -1.89. The molecule has 59 valence electrons. The van der Waals surface area contributed by atoms with Crippen LogP contribution in [0.15, 0.2) is 12.1 Å². The van der Waals surface area contributed by atoms with Crippen molar-refractivity contribution in [3.05, 3.63) is 23.8 Å². The molecule has 0 amide bonds. The number of ether oxygens (including phenoxy) is 2. The van der Waals surface area contributed by atoms with Gasteiger partial charge in [0.2, 0.25) is 0 Å². The van der Waals surface area contributed by atoms with E-state index in [2.05, 4.69) is 6.07 Å². The minimum Gasteiger partial charge on any atom is -0.496 e. The second-order valence-corrected chi connectivity index (χ2v) is 2.25. The molecule has 1 aromatic rings. The van der Waals surface area contributed by atoms with Crippen LogP contribution in [0.2, 0.25) is 0 Å². The molecule has 0 aliphatic heterocycles. The highest BCUT2D eigenvalue weighted by atomic mass is 16.5. The summed E-state index contributed by atoms with van der Waals surface area (Å²) >= 11 is 0. The molecule has 0 saturated heterocycles. The van der Waals surface area contributed by atoms with E-state index >= 15 is 0 Å². The number of hydrogen-bond acceptors (Lipinski definition) is 2. The molecule has 11 heavy (non-hydrogen) atoms. The van der Waals surface area contributed by atoms with Gasteiger partial charge in [-0.05, 0) is 18.6 Å². The molecule has 0 atom stereocenters. The lowest BCUT2D eigenvalue weighted by atomic mass is 10.2. The normalized spacial score (nSPS) is 9.36. The maximum atomic E-state index is 5.09. The Kier molecular flexibility index (Phi) is 2.36. The van der Waals surface area contributed by atoms with Crippen molar-refractivity contribution in [2.75, 3.05) is 14.2 Å². The Morgan fingerprint density at radius 1 is 1.27 bits per heavy atom. The van der Waals surface area contributed by atoms with E-state index in [9.17, 15) is 0 Å². The van der Waals surface area contributed by atoms with Crippen molar-refractivity contribution < 1.29 is 9.47 Å². The van der Waals surface area contributed by atoms with E-state index < -0.39 is 0 Å². The van der Waals surface area contributed by atoms with E-state index in [4.69, 9.17) is 9.47 Å². The summed E-state index contributed by atoms with van der Waals surface area (Å²) in [7, 11) is 3.25. The van der Waals surface area contributed by atoms with E-state index in [1.807, 2.05) is 19.1 Å². The third-order valence-corrected chi connectivity index (χ3v) is 1.52.